The van der Waals surface area contributed by atoms with Crippen LogP contribution in [0.15, 0.2) is 48.8 Å². The number of carboxylic acid groups (broad SMARTS) is 1. The number of pyridine rings is 1. The number of rotatable bonds is 3. The van der Waals surface area contributed by atoms with Crippen LogP contribution in [0.5, 0.6) is 5.75 Å². The number of nitrogens with zero attached hydrogens (tertiary/aromatic N) is 2. The maximum atomic E-state index is 12.0. The number of ether oxygens (including phenoxy) is 1. The minimum Gasteiger partial charge on any atom is -0.481 e. The first-order valence-corrected chi connectivity index (χ1v) is 8.53. The van der Waals surface area contributed by atoms with Gasteiger partial charge >= 0.3 is 5.97 Å². The third-order valence-electron chi connectivity index (χ3n) is 4.96. The van der Waals surface area contributed by atoms with Gasteiger partial charge in [0.05, 0.1) is 11.9 Å². The quantitative estimate of drug-likeness (QED) is 0.769. The normalized spacial score (nSPS) is 14.3. The topological polar surface area (TPSA) is 64.4 Å². The molecular weight excluding hydrogens is 328 g/mol. The molecule has 0 saturated carbocycles. The lowest BCUT2D eigenvalue weighted by Crippen LogP contribution is -2.29. The summed E-state index contributed by atoms with van der Waals surface area (Å²) in [5.74, 6) is -0.273. The Morgan fingerprint density at radius 3 is 2.77 bits per heavy atom. The third kappa shape index (κ3) is 2.47. The fourth-order valence-corrected chi connectivity index (χ4v) is 3.58. The Morgan fingerprint density at radius 2 is 2.04 bits per heavy atom. The van der Waals surface area contributed by atoms with Gasteiger partial charge in [0, 0.05) is 23.9 Å². The predicted molar refractivity (Wildman–Crippen MR) is 98.6 cm³/mol. The Balaban J connectivity index is 1.99. The number of hydrogen-bond donors (Lipinski definition) is 1. The summed E-state index contributed by atoms with van der Waals surface area (Å²) in [6, 6.07) is 11.6. The number of aromatic carboxylic acids is 1. The molecule has 1 N–H and O–H groups in total. The van der Waals surface area contributed by atoms with E-state index in [-0.39, 0.29) is 5.69 Å². The number of aromatic nitrogens is 2. The number of aryl methyl sites for hydroxylation is 1. The van der Waals surface area contributed by atoms with E-state index in [4.69, 9.17) is 4.74 Å². The summed E-state index contributed by atoms with van der Waals surface area (Å²) in [5, 5.41) is 9.81. The highest BCUT2D eigenvalue weighted by Gasteiger charge is 2.37. The van der Waals surface area contributed by atoms with E-state index in [9.17, 15) is 9.90 Å². The van der Waals surface area contributed by atoms with Crippen LogP contribution in [-0.2, 0) is 12.1 Å². The largest absolute Gasteiger partial charge is 0.481 e. The minimum absolute atomic E-state index is 0.264. The van der Waals surface area contributed by atoms with Crippen molar-refractivity contribution in [2.45, 2.75) is 32.9 Å². The highest BCUT2D eigenvalue weighted by Crippen LogP contribution is 2.46. The van der Waals surface area contributed by atoms with Crippen molar-refractivity contribution in [3.05, 3.63) is 71.2 Å². The molecule has 132 valence electrons. The molecule has 2 aromatic heterocycles. The summed E-state index contributed by atoms with van der Waals surface area (Å²) in [6.07, 6.45) is 3.39. The fourth-order valence-electron chi connectivity index (χ4n) is 3.58. The van der Waals surface area contributed by atoms with Crippen LogP contribution < -0.4 is 4.74 Å². The van der Waals surface area contributed by atoms with Crippen molar-refractivity contribution in [2.24, 2.45) is 0 Å². The zero-order chi connectivity index (χ0) is 18.5. The Labute approximate surface area is 151 Å². The molecule has 1 aliphatic rings. The van der Waals surface area contributed by atoms with Crippen molar-refractivity contribution in [2.75, 3.05) is 0 Å². The lowest BCUT2D eigenvalue weighted by molar-refractivity contribution is 0.0686. The number of carbonyl (C=O) groups is 1. The maximum Gasteiger partial charge on any atom is 0.352 e. The molecule has 3 aromatic rings. The number of benzene rings is 1. The van der Waals surface area contributed by atoms with E-state index >= 15 is 0 Å². The SMILES string of the molecule is Cc1ccccc1Cn1c(C(=O)O)cc2c1-c1ccncc1OC2(C)C. The van der Waals surface area contributed by atoms with Crippen molar-refractivity contribution in [1.29, 1.82) is 0 Å². The van der Waals surface area contributed by atoms with Crippen molar-refractivity contribution in [3.8, 4) is 17.0 Å². The second kappa shape index (κ2) is 5.73. The van der Waals surface area contributed by atoms with Gasteiger partial charge in [0.15, 0.2) is 0 Å². The molecule has 0 aliphatic carbocycles. The van der Waals surface area contributed by atoms with E-state index < -0.39 is 11.6 Å². The van der Waals surface area contributed by atoms with Crippen molar-refractivity contribution in [3.63, 3.8) is 0 Å². The van der Waals surface area contributed by atoms with Crippen LogP contribution in [-0.4, -0.2) is 20.6 Å². The summed E-state index contributed by atoms with van der Waals surface area (Å²) in [4.78, 5) is 16.1. The molecule has 0 saturated heterocycles. The molecule has 3 heterocycles. The summed E-state index contributed by atoms with van der Waals surface area (Å²) < 4.78 is 7.98. The van der Waals surface area contributed by atoms with Crippen LogP contribution >= 0.6 is 0 Å². The first kappa shape index (κ1) is 16.4. The summed E-state index contributed by atoms with van der Waals surface area (Å²) in [5.41, 5.74) is 4.49. The summed E-state index contributed by atoms with van der Waals surface area (Å²) in [6.45, 7) is 6.43. The Morgan fingerprint density at radius 1 is 1.27 bits per heavy atom. The Kier molecular flexibility index (Phi) is 3.61. The molecule has 0 amide bonds. The highest BCUT2D eigenvalue weighted by molar-refractivity contribution is 5.90. The zero-order valence-corrected chi connectivity index (χ0v) is 15.0. The molecule has 5 nitrogen and oxygen atoms in total. The smallest absolute Gasteiger partial charge is 0.352 e. The molecule has 0 unspecified atom stereocenters. The van der Waals surface area contributed by atoms with Crippen LogP contribution in [0.2, 0.25) is 0 Å². The highest BCUT2D eigenvalue weighted by atomic mass is 16.5. The molecule has 1 aromatic carbocycles. The van der Waals surface area contributed by atoms with Crippen LogP contribution in [0, 0.1) is 6.92 Å². The molecule has 4 rings (SSSR count). The van der Waals surface area contributed by atoms with Gasteiger partial charge in [0.25, 0.3) is 0 Å². The van der Waals surface area contributed by atoms with Crippen molar-refractivity contribution < 1.29 is 14.6 Å². The molecule has 0 radical (unpaired) electrons. The second-order valence-electron chi connectivity index (χ2n) is 7.09. The van der Waals surface area contributed by atoms with E-state index in [1.54, 1.807) is 18.5 Å². The van der Waals surface area contributed by atoms with E-state index in [0.717, 1.165) is 27.9 Å². The summed E-state index contributed by atoms with van der Waals surface area (Å²) in [7, 11) is 0. The Bertz CT molecular complexity index is 1020. The van der Waals surface area contributed by atoms with Gasteiger partial charge in [-0.05, 0) is 44.0 Å². The standard InChI is InChI=1S/C21H20N2O3/c1-13-6-4-5-7-14(13)12-23-17(20(24)25)10-16-19(23)15-8-9-22-11-18(15)26-21(16,2)3/h4-11H,12H2,1-3H3,(H,24,25). The van der Waals surface area contributed by atoms with Gasteiger partial charge in [-0.15, -0.1) is 0 Å². The number of hydrogen-bond acceptors (Lipinski definition) is 3. The van der Waals surface area contributed by atoms with E-state index in [0.29, 0.717) is 12.3 Å². The van der Waals surface area contributed by atoms with Gasteiger partial charge in [-0.25, -0.2) is 4.79 Å². The lowest BCUT2D eigenvalue weighted by Gasteiger charge is -2.33. The van der Waals surface area contributed by atoms with Crippen molar-refractivity contribution in [1.82, 2.24) is 9.55 Å². The van der Waals surface area contributed by atoms with Gasteiger partial charge in [-0.3, -0.25) is 4.98 Å². The maximum absolute atomic E-state index is 12.0. The van der Waals surface area contributed by atoms with Gasteiger partial charge in [0.1, 0.15) is 17.0 Å². The van der Waals surface area contributed by atoms with Crippen molar-refractivity contribution >= 4 is 5.97 Å². The summed E-state index contributed by atoms with van der Waals surface area (Å²) >= 11 is 0. The van der Waals surface area contributed by atoms with Crippen LogP contribution in [0.25, 0.3) is 11.3 Å². The molecule has 0 bridgehead atoms. The van der Waals surface area contributed by atoms with Crippen LogP contribution in [0.4, 0.5) is 0 Å². The number of fused-ring (bicyclic) bond motifs is 3. The predicted octanol–water partition coefficient (Wildman–Crippen LogP) is 4.23. The van der Waals surface area contributed by atoms with Crippen LogP contribution in [0.3, 0.4) is 0 Å². The van der Waals surface area contributed by atoms with Gasteiger partial charge < -0.3 is 14.4 Å². The fraction of sp³-hybridized carbons (Fsp3) is 0.238. The second-order valence-corrected chi connectivity index (χ2v) is 7.09. The first-order chi connectivity index (χ1) is 12.4. The molecular formula is C21H20N2O3. The van der Waals surface area contributed by atoms with Gasteiger partial charge in [-0.2, -0.15) is 0 Å². The molecule has 0 spiro atoms. The third-order valence-corrected chi connectivity index (χ3v) is 4.96. The molecule has 0 atom stereocenters. The van der Waals surface area contributed by atoms with Crippen LogP contribution in [0.1, 0.15) is 41.0 Å². The zero-order valence-electron chi connectivity index (χ0n) is 15.0. The van der Waals surface area contributed by atoms with E-state index in [1.165, 1.54) is 0 Å². The Hall–Kier alpha value is -3.08. The average Bonchev–Trinajstić information content (AvgIpc) is 2.98. The van der Waals surface area contributed by atoms with Gasteiger partial charge in [0.2, 0.25) is 0 Å². The lowest BCUT2D eigenvalue weighted by atomic mass is 9.92. The monoisotopic (exact) mass is 348 g/mol. The van der Waals surface area contributed by atoms with E-state index in [1.807, 2.05) is 55.7 Å². The molecule has 26 heavy (non-hydrogen) atoms. The molecule has 0 fully saturated rings. The molecule has 5 heteroatoms. The molecule has 1 aliphatic heterocycles. The number of carboxylic acids is 1. The van der Waals surface area contributed by atoms with Gasteiger partial charge in [-0.1, -0.05) is 24.3 Å². The first-order valence-electron chi connectivity index (χ1n) is 8.53. The average molecular weight is 348 g/mol. The van der Waals surface area contributed by atoms with E-state index in [2.05, 4.69) is 4.98 Å². The minimum atomic E-state index is -0.945.